The smallest absolute Gasteiger partial charge is 0.326 e. The Balaban J connectivity index is 2.57. The lowest BCUT2D eigenvalue weighted by Crippen LogP contribution is -2.51. The van der Waals surface area contributed by atoms with Crippen LogP contribution in [0.25, 0.3) is 0 Å². The number of amides is 3. The van der Waals surface area contributed by atoms with E-state index >= 15 is 0 Å². The molecule has 0 spiro atoms. The van der Waals surface area contributed by atoms with E-state index in [0.29, 0.717) is 12.5 Å². The second-order valence-electron chi connectivity index (χ2n) is 5.53. The summed E-state index contributed by atoms with van der Waals surface area (Å²) in [6.07, 6.45) is 2.16. The minimum atomic E-state index is -1.16. The highest BCUT2D eigenvalue weighted by Gasteiger charge is 2.30. The molecule has 7 heteroatoms. The van der Waals surface area contributed by atoms with Gasteiger partial charge in [0.1, 0.15) is 6.04 Å². The fourth-order valence-electron chi connectivity index (χ4n) is 1.88. The molecule has 1 rings (SSSR count). The summed E-state index contributed by atoms with van der Waals surface area (Å²) in [5, 5.41) is 11.5. The normalized spacial score (nSPS) is 15.8. The number of carboxylic acid groups (broad SMARTS) is 1. The van der Waals surface area contributed by atoms with Gasteiger partial charge in [-0.3, -0.25) is 4.79 Å². The molecule has 0 aliphatic heterocycles. The van der Waals surface area contributed by atoms with Crippen LogP contribution < -0.4 is 11.1 Å². The third kappa shape index (κ3) is 5.46. The lowest BCUT2D eigenvalue weighted by molar-refractivity contribution is -0.139. The molecule has 0 bridgehead atoms. The van der Waals surface area contributed by atoms with Gasteiger partial charge >= 0.3 is 12.0 Å². The van der Waals surface area contributed by atoms with Crippen molar-refractivity contribution >= 4 is 17.9 Å². The van der Waals surface area contributed by atoms with E-state index in [2.05, 4.69) is 5.32 Å². The van der Waals surface area contributed by atoms with Crippen LogP contribution in [0.3, 0.4) is 0 Å². The van der Waals surface area contributed by atoms with Gasteiger partial charge < -0.3 is 21.1 Å². The Kier molecular flexibility index (Phi) is 5.79. The molecule has 20 heavy (non-hydrogen) atoms. The van der Waals surface area contributed by atoms with Crippen molar-refractivity contribution in [2.75, 3.05) is 6.54 Å². The number of carbonyl (C=O) groups excluding carboxylic acids is 2. The highest BCUT2D eigenvalue weighted by atomic mass is 16.4. The highest BCUT2D eigenvalue weighted by molar-refractivity contribution is 5.83. The van der Waals surface area contributed by atoms with E-state index in [1.165, 1.54) is 0 Å². The quantitative estimate of drug-likeness (QED) is 0.604. The molecule has 0 aromatic carbocycles. The van der Waals surface area contributed by atoms with Crippen LogP contribution in [0.4, 0.5) is 4.79 Å². The first-order valence-electron chi connectivity index (χ1n) is 6.89. The van der Waals surface area contributed by atoms with Crippen molar-refractivity contribution in [2.45, 2.75) is 51.6 Å². The van der Waals surface area contributed by atoms with Crippen molar-refractivity contribution in [1.82, 2.24) is 10.2 Å². The highest BCUT2D eigenvalue weighted by Crippen LogP contribution is 2.30. The molecule has 0 unspecified atom stereocenters. The summed E-state index contributed by atoms with van der Waals surface area (Å²) < 4.78 is 0. The molecule has 114 valence electrons. The number of nitrogens with one attached hydrogen (secondary N) is 1. The summed E-state index contributed by atoms with van der Waals surface area (Å²) in [7, 11) is 0. The second kappa shape index (κ2) is 7.12. The second-order valence-corrected chi connectivity index (χ2v) is 5.53. The molecule has 0 aromatic heterocycles. The van der Waals surface area contributed by atoms with Crippen LogP contribution in [0.2, 0.25) is 0 Å². The summed E-state index contributed by atoms with van der Waals surface area (Å²) in [5.41, 5.74) is 5.00. The molecule has 0 heterocycles. The Morgan fingerprint density at radius 2 is 1.95 bits per heavy atom. The van der Waals surface area contributed by atoms with Crippen LogP contribution in [0, 0.1) is 5.92 Å². The minimum absolute atomic E-state index is 0.00110. The molecule has 1 aliphatic carbocycles. The largest absolute Gasteiger partial charge is 0.480 e. The van der Waals surface area contributed by atoms with Gasteiger partial charge in [-0.25, -0.2) is 9.59 Å². The van der Waals surface area contributed by atoms with Gasteiger partial charge in [-0.2, -0.15) is 0 Å². The average molecular weight is 285 g/mol. The number of carboxylic acids is 1. The van der Waals surface area contributed by atoms with Crippen LogP contribution in [-0.2, 0) is 9.59 Å². The first-order valence-corrected chi connectivity index (χ1v) is 6.89. The lowest BCUT2D eigenvalue weighted by Gasteiger charge is -2.28. The number of urea groups is 1. The maximum absolute atomic E-state index is 12.1. The first-order chi connectivity index (χ1) is 9.31. The summed E-state index contributed by atoms with van der Waals surface area (Å²) >= 11 is 0. The third-order valence-corrected chi connectivity index (χ3v) is 3.31. The van der Waals surface area contributed by atoms with Crippen molar-refractivity contribution in [2.24, 2.45) is 11.7 Å². The van der Waals surface area contributed by atoms with Crippen molar-refractivity contribution in [3.8, 4) is 0 Å². The van der Waals surface area contributed by atoms with Gasteiger partial charge in [-0.05, 0) is 39.0 Å². The topological polar surface area (TPSA) is 113 Å². The fraction of sp³-hybridized carbons (Fsp3) is 0.769. The maximum Gasteiger partial charge on any atom is 0.326 e. The monoisotopic (exact) mass is 285 g/mol. The van der Waals surface area contributed by atoms with Crippen molar-refractivity contribution < 1.29 is 19.5 Å². The Bertz CT molecular complexity index is 380. The number of hydrogen-bond acceptors (Lipinski definition) is 3. The molecular weight excluding hydrogens is 262 g/mol. The Morgan fingerprint density at radius 3 is 2.35 bits per heavy atom. The third-order valence-electron chi connectivity index (χ3n) is 3.31. The Labute approximate surface area is 118 Å². The van der Waals surface area contributed by atoms with E-state index in [0.717, 1.165) is 12.8 Å². The van der Waals surface area contributed by atoms with Crippen LogP contribution in [0.5, 0.6) is 0 Å². The summed E-state index contributed by atoms with van der Waals surface area (Å²) in [6, 6.07) is -1.49. The number of nitrogens with two attached hydrogens (primary N) is 1. The number of hydrogen-bond donors (Lipinski definition) is 3. The number of rotatable bonds is 8. The van der Waals surface area contributed by atoms with Gasteiger partial charge in [0.25, 0.3) is 0 Å². The van der Waals surface area contributed by atoms with Crippen molar-refractivity contribution in [1.29, 1.82) is 0 Å². The van der Waals surface area contributed by atoms with Gasteiger partial charge in [0.05, 0.1) is 0 Å². The number of carbonyl (C=O) groups is 3. The molecule has 0 saturated heterocycles. The zero-order chi connectivity index (χ0) is 15.3. The lowest BCUT2D eigenvalue weighted by atomic mass is 10.1. The zero-order valence-corrected chi connectivity index (χ0v) is 12.0. The molecule has 1 saturated carbocycles. The molecule has 1 aliphatic rings. The van der Waals surface area contributed by atoms with Gasteiger partial charge in [-0.1, -0.05) is 0 Å². The summed E-state index contributed by atoms with van der Waals surface area (Å²) in [4.78, 5) is 35.6. The Hall–Kier alpha value is -1.79. The van der Waals surface area contributed by atoms with Crippen LogP contribution in [0.1, 0.15) is 39.5 Å². The van der Waals surface area contributed by atoms with E-state index in [-0.39, 0.29) is 18.9 Å². The molecule has 3 amide bonds. The molecule has 4 N–H and O–H groups in total. The molecule has 0 aromatic rings. The van der Waals surface area contributed by atoms with Crippen molar-refractivity contribution in [3.05, 3.63) is 0 Å². The fourth-order valence-corrected chi connectivity index (χ4v) is 1.88. The number of primary amides is 1. The molecular formula is C13H23N3O4. The molecule has 1 fully saturated rings. The van der Waals surface area contributed by atoms with Gasteiger partial charge in [0, 0.05) is 19.0 Å². The van der Waals surface area contributed by atoms with Crippen LogP contribution in [0.15, 0.2) is 0 Å². The summed E-state index contributed by atoms with van der Waals surface area (Å²) in [6.45, 7) is 4.42. The molecule has 7 nitrogen and oxygen atoms in total. The minimum Gasteiger partial charge on any atom is -0.480 e. The van der Waals surface area contributed by atoms with E-state index in [9.17, 15) is 14.4 Å². The SMILES string of the molecule is CC(C)N(CC1CC1)C(=O)N[C@H](CCC(N)=O)C(=O)O. The van der Waals surface area contributed by atoms with Crippen LogP contribution >= 0.6 is 0 Å². The molecule has 0 radical (unpaired) electrons. The van der Waals surface area contributed by atoms with Crippen LogP contribution in [-0.4, -0.2) is 46.5 Å². The average Bonchev–Trinajstić information content (AvgIpc) is 3.13. The van der Waals surface area contributed by atoms with Gasteiger partial charge in [-0.15, -0.1) is 0 Å². The van der Waals surface area contributed by atoms with E-state index in [4.69, 9.17) is 10.8 Å². The maximum atomic E-state index is 12.1. The van der Waals surface area contributed by atoms with E-state index < -0.39 is 23.9 Å². The van der Waals surface area contributed by atoms with Gasteiger partial charge in [0.15, 0.2) is 0 Å². The van der Waals surface area contributed by atoms with Gasteiger partial charge in [0.2, 0.25) is 5.91 Å². The molecule has 1 atom stereocenters. The predicted octanol–water partition coefficient (Wildman–Crippen LogP) is 0.535. The van der Waals surface area contributed by atoms with E-state index in [1.807, 2.05) is 13.8 Å². The Morgan fingerprint density at radius 1 is 1.35 bits per heavy atom. The number of aliphatic carboxylic acids is 1. The zero-order valence-electron chi connectivity index (χ0n) is 12.0. The summed E-state index contributed by atoms with van der Waals surface area (Å²) in [5.74, 6) is -1.21. The first kappa shape index (κ1) is 16.3. The standard InChI is InChI=1S/C13H23N3O4/c1-8(2)16(7-9-3-4-9)13(20)15-10(12(18)19)5-6-11(14)17/h8-10H,3-7H2,1-2H3,(H2,14,17)(H,15,20)(H,18,19)/t10-/m1/s1. The van der Waals surface area contributed by atoms with E-state index in [1.54, 1.807) is 4.90 Å². The predicted molar refractivity (Wildman–Crippen MR) is 72.9 cm³/mol. The number of nitrogens with zero attached hydrogens (tertiary/aromatic N) is 1. The van der Waals surface area contributed by atoms with Crippen molar-refractivity contribution in [3.63, 3.8) is 0 Å².